The molecule has 1 aliphatic rings. The predicted octanol–water partition coefficient (Wildman–Crippen LogP) is 3.41. The molecule has 1 atom stereocenters. The van der Waals surface area contributed by atoms with E-state index < -0.39 is 11.9 Å². The molecule has 0 bridgehead atoms. The number of Topliss-reactive ketones (excluding diaryl/α,β-unsaturated/α-hetero) is 1. The minimum Gasteiger partial charge on any atom is -0.444 e. The third-order valence-electron chi connectivity index (χ3n) is 5.12. The molecule has 0 spiro atoms. The predicted molar refractivity (Wildman–Crippen MR) is 113 cm³/mol. The van der Waals surface area contributed by atoms with E-state index >= 15 is 0 Å². The highest BCUT2D eigenvalue weighted by molar-refractivity contribution is 5.90. The second-order valence-corrected chi connectivity index (χ2v) is 7.52. The van der Waals surface area contributed by atoms with Gasteiger partial charge < -0.3 is 15.3 Å². The quantitative estimate of drug-likeness (QED) is 0.625. The number of benzene rings is 2. The molecule has 0 saturated carbocycles. The van der Waals surface area contributed by atoms with E-state index in [9.17, 15) is 14.0 Å². The van der Waals surface area contributed by atoms with Gasteiger partial charge in [-0.05, 0) is 42.7 Å². The van der Waals surface area contributed by atoms with Crippen LogP contribution in [0.1, 0.15) is 25.3 Å². The van der Waals surface area contributed by atoms with Crippen LogP contribution in [-0.2, 0) is 16.1 Å². The standard InChI is InChI=1S/C22H22FN5O3/c1-14(29)2-8-18-12-28(22(30)31-18)17-7-9-19(20(23)10-17)16-5-3-15(4-6-16)11-27-13-25-21(24)26-27/h3-7,9-10,13,18H,2,8,11-12H2,1H3,(H2,24,26)/t18-/m0/s1. The average Bonchev–Trinajstić information content (AvgIpc) is 3.32. The number of aromatic nitrogens is 3. The number of ketones is 1. The lowest BCUT2D eigenvalue weighted by Gasteiger charge is -2.14. The van der Waals surface area contributed by atoms with Crippen molar-refractivity contribution in [2.45, 2.75) is 32.4 Å². The smallest absolute Gasteiger partial charge is 0.414 e. The minimum atomic E-state index is -0.529. The van der Waals surface area contributed by atoms with Gasteiger partial charge in [0.25, 0.3) is 0 Å². The van der Waals surface area contributed by atoms with Gasteiger partial charge in [-0.1, -0.05) is 24.3 Å². The fraction of sp³-hybridized carbons (Fsp3) is 0.273. The van der Waals surface area contributed by atoms with Crippen molar-refractivity contribution in [2.24, 2.45) is 0 Å². The number of ether oxygens (including phenoxy) is 1. The molecular formula is C22H22FN5O3. The Bertz CT molecular complexity index is 1110. The van der Waals surface area contributed by atoms with Crippen molar-refractivity contribution in [1.82, 2.24) is 14.8 Å². The second kappa shape index (κ2) is 8.55. The van der Waals surface area contributed by atoms with Crippen molar-refractivity contribution in [2.75, 3.05) is 17.2 Å². The van der Waals surface area contributed by atoms with Crippen molar-refractivity contribution in [3.05, 3.63) is 60.2 Å². The molecule has 0 radical (unpaired) electrons. The monoisotopic (exact) mass is 423 g/mol. The molecular weight excluding hydrogens is 401 g/mol. The van der Waals surface area contributed by atoms with Crippen LogP contribution in [0.3, 0.4) is 0 Å². The molecule has 1 fully saturated rings. The van der Waals surface area contributed by atoms with Crippen molar-refractivity contribution in [3.8, 4) is 11.1 Å². The molecule has 1 saturated heterocycles. The number of amides is 1. The summed E-state index contributed by atoms with van der Waals surface area (Å²) in [7, 11) is 0. The molecule has 160 valence electrons. The normalized spacial score (nSPS) is 15.9. The van der Waals surface area contributed by atoms with Gasteiger partial charge in [0.15, 0.2) is 0 Å². The highest BCUT2D eigenvalue weighted by Crippen LogP contribution is 2.30. The number of cyclic esters (lactones) is 1. The summed E-state index contributed by atoms with van der Waals surface area (Å²) in [6.45, 7) is 2.31. The topological polar surface area (TPSA) is 103 Å². The van der Waals surface area contributed by atoms with Gasteiger partial charge in [0, 0.05) is 12.0 Å². The summed E-state index contributed by atoms with van der Waals surface area (Å²) in [6.07, 6.45) is 1.46. The van der Waals surface area contributed by atoms with Crippen molar-refractivity contribution >= 4 is 23.5 Å². The first kappa shape index (κ1) is 20.5. The van der Waals surface area contributed by atoms with Crippen LogP contribution < -0.4 is 10.6 Å². The van der Waals surface area contributed by atoms with E-state index in [0.29, 0.717) is 42.7 Å². The van der Waals surface area contributed by atoms with E-state index in [2.05, 4.69) is 10.1 Å². The third kappa shape index (κ3) is 4.71. The summed E-state index contributed by atoms with van der Waals surface area (Å²) in [4.78, 5) is 28.6. The van der Waals surface area contributed by atoms with Gasteiger partial charge in [-0.3, -0.25) is 4.90 Å². The maximum Gasteiger partial charge on any atom is 0.414 e. The Kier molecular flexibility index (Phi) is 5.66. The third-order valence-corrected chi connectivity index (χ3v) is 5.12. The average molecular weight is 423 g/mol. The summed E-state index contributed by atoms with van der Waals surface area (Å²) < 4.78 is 21.8. The number of rotatable bonds is 7. The van der Waals surface area contributed by atoms with E-state index in [1.807, 2.05) is 24.3 Å². The van der Waals surface area contributed by atoms with Crippen LogP contribution >= 0.6 is 0 Å². The van der Waals surface area contributed by atoms with Crippen LogP contribution in [0.15, 0.2) is 48.8 Å². The molecule has 4 rings (SSSR count). The lowest BCUT2D eigenvalue weighted by atomic mass is 10.0. The molecule has 1 amide bonds. The SMILES string of the molecule is CC(=O)CC[C@H]1CN(c2ccc(-c3ccc(Cn4cnc(N)n4)cc3)c(F)c2)C(=O)O1. The lowest BCUT2D eigenvalue weighted by Crippen LogP contribution is -2.24. The summed E-state index contributed by atoms with van der Waals surface area (Å²) in [5.74, 6) is -0.179. The number of hydrogen-bond donors (Lipinski definition) is 1. The molecule has 1 aliphatic heterocycles. The zero-order valence-electron chi connectivity index (χ0n) is 17.0. The highest BCUT2D eigenvalue weighted by Gasteiger charge is 2.32. The molecule has 0 aliphatic carbocycles. The molecule has 0 unspecified atom stereocenters. The highest BCUT2D eigenvalue weighted by atomic mass is 19.1. The van der Waals surface area contributed by atoms with Crippen LogP contribution in [0, 0.1) is 5.82 Å². The first-order valence-corrected chi connectivity index (χ1v) is 9.90. The number of anilines is 2. The van der Waals surface area contributed by atoms with Crippen molar-refractivity contribution < 1.29 is 18.7 Å². The first-order chi connectivity index (χ1) is 14.9. The summed E-state index contributed by atoms with van der Waals surface area (Å²) in [5, 5.41) is 4.04. The second-order valence-electron chi connectivity index (χ2n) is 7.52. The molecule has 8 nitrogen and oxygen atoms in total. The Hall–Kier alpha value is -3.75. The molecule has 2 aromatic carbocycles. The van der Waals surface area contributed by atoms with Gasteiger partial charge in [-0.2, -0.15) is 0 Å². The van der Waals surface area contributed by atoms with E-state index in [1.54, 1.807) is 23.1 Å². The number of hydrogen-bond acceptors (Lipinski definition) is 6. The van der Waals surface area contributed by atoms with Gasteiger partial charge in [0.2, 0.25) is 5.95 Å². The zero-order chi connectivity index (χ0) is 22.0. The molecule has 9 heteroatoms. The first-order valence-electron chi connectivity index (χ1n) is 9.90. The van der Waals surface area contributed by atoms with E-state index in [-0.39, 0.29) is 17.8 Å². The number of nitrogens with zero attached hydrogens (tertiary/aromatic N) is 4. The van der Waals surface area contributed by atoms with Crippen LogP contribution in [-0.4, -0.2) is 39.3 Å². The van der Waals surface area contributed by atoms with Crippen molar-refractivity contribution in [3.63, 3.8) is 0 Å². The maximum atomic E-state index is 14.9. The molecule has 2 heterocycles. The Morgan fingerprint density at radius 1 is 1.26 bits per heavy atom. The van der Waals surface area contributed by atoms with Gasteiger partial charge in [-0.15, -0.1) is 5.10 Å². The van der Waals surface area contributed by atoms with Crippen LogP contribution in [0.2, 0.25) is 0 Å². The summed E-state index contributed by atoms with van der Waals surface area (Å²) >= 11 is 0. The Balaban J connectivity index is 1.46. The van der Waals surface area contributed by atoms with Crippen LogP contribution in [0.25, 0.3) is 11.1 Å². The van der Waals surface area contributed by atoms with Gasteiger partial charge in [0.1, 0.15) is 24.0 Å². The van der Waals surface area contributed by atoms with Crippen LogP contribution in [0.5, 0.6) is 0 Å². The van der Waals surface area contributed by atoms with Crippen LogP contribution in [0.4, 0.5) is 20.8 Å². The number of nitrogen functional groups attached to an aromatic ring is 1. The molecule has 2 N–H and O–H groups in total. The number of halogens is 1. The van der Waals surface area contributed by atoms with Gasteiger partial charge in [0.05, 0.1) is 18.8 Å². The fourth-order valence-corrected chi connectivity index (χ4v) is 3.51. The summed E-state index contributed by atoms with van der Waals surface area (Å²) in [5.41, 5.74) is 8.07. The Labute approximate surface area is 178 Å². The minimum absolute atomic E-state index is 0.0429. The van der Waals surface area contributed by atoms with E-state index in [1.165, 1.54) is 17.9 Å². The lowest BCUT2D eigenvalue weighted by molar-refractivity contribution is -0.117. The van der Waals surface area contributed by atoms with E-state index in [4.69, 9.17) is 10.5 Å². The Morgan fingerprint density at radius 2 is 2.03 bits per heavy atom. The zero-order valence-corrected chi connectivity index (χ0v) is 17.0. The van der Waals surface area contributed by atoms with E-state index in [0.717, 1.165) is 5.56 Å². The summed E-state index contributed by atoms with van der Waals surface area (Å²) in [6, 6.07) is 12.1. The molecule has 1 aromatic heterocycles. The Morgan fingerprint density at radius 3 is 2.68 bits per heavy atom. The van der Waals surface area contributed by atoms with Gasteiger partial charge >= 0.3 is 6.09 Å². The number of carbonyl (C=O) groups is 2. The maximum absolute atomic E-state index is 14.9. The fourth-order valence-electron chi connectivity index (χ4n) is 3.51. The largest absolute Gasteiger partial charge is 0.444 e. The van der Waals surface area contributed by atoms with Gasteiger partial charge in [-0.25, -0.2) is 18.9 Å². The number of carbonyl (C=O) groups excluding carboxylic acids is 2. The molecule has 31 heavy (non-hydrogen) atoms. The molecule has 3 aromatic rings. The van der Waals surface area contributed by atoms with Crippen molar-refractivity contribution in [1.29, 1.82) is 0 Å². The number of nitrogens with two attached hydrogens (primary N) is 1.